The average Bonchev–Trinajstić information content (AvgIpc) is 2.62. The monoisotopic (exact) mass is 358 g/mol. The summed E-state index contributed by atoms with van der Waals surface area (Å²) in [6.07, 6.45) is 0.548. The molecule has 0 unspecified atom stereocenters. The Hall–Kier alpha value is -2.15. The molecule has 0 spiro atoms. The second kappa shape index (κ2) is 7.39. The first-order valence-corrected chi connectivity index (χ1v) is 8.63. The molecule has 1 aliphatic rings. The van der Waals surface area contributed by atoms with Crippen molar-refractivity contribution in [2.24, 2.45) is 0 Å². The van der Waals surface area contributed by atoms with Crippen LogP contribution in [0.2, 0.25) is 0 Å². The van der Waals surface area contributed by atoms with E-state index in [1.165, 1.54) is 0 Å². The summed E-state index contributed by atoms with van der Waals surface area (Å²) in [4.78, 5) is 1.94. The molecule has 0 aliphatic carbocycles. The largest absolute Gasteiger partial charge is 0.495 e. The van der Waals surface area contributed by atoms with E-state index in [-0.39, 0.29) is 12.8 Å². The minimum Gasteiger partial charge on any atom is -0.495 e. The normalized spacial score (nSPS) is 16.4. The minimum absolute atomic E-state index is 0.274. The fourth-order valence-electron chi connectivity index (χ4n) is 2.88. The van der Waals surface area contributed by atoms with Gasteiger partial charge in [0.15, 0.2) is 10.9 Å². The Balaban J connectivity index is 1.78. The summed E-state index contributed by atoms with van der Waals surface area (Å²) in [5.41, 5.74) is 2.97. The number of hydrogen-bond donors (Lipinski definition) is 3. The maximum atomic E-state index is 9.65. The molecule has 132 valence electrons. The molecule has 2 aromatic rings. The molecule has 25 heavy (non-hydrogen) atoms. The van der Waals surface area contributed by atoms with Gasteiger partial charge in [-0.05, 0) is 35.5 Å². The lowest BCUT2D eigenvalue weighted by Crippen LogP contribution is -2.47. The van der Waals surface area contributed by atoms with Gasteiger partial charge in [0, 0.05) is 25.9 Å². The van der Waals surface area contributed by atoms with E-state index < -0.39 is 5.79 Å². The van der Waals surface area contributed by atoms with Crippen molar-refractivity contribution in [3.05, 3.63) is 48.5 Å². The van der Waals surface area contributed by atoms with E-state index in [2.05, 4.69) is 17.4 Å². The van der Waals surface area contributed by atoms with Crippen molar-refractivity contribution >= 4 is 23.0 Å². The van der Waals surface area contributed by atoms with Gasteiger partial charge in [-0.3, -0.25) is 0 Å². The predicted molar refractivity (Wildman–Crippen MR) is 103 cm³/mol. The van der Waals surface area contributed by atoms with E-state index in [1.807, 2.05) is 41.3 Å². The third-order valence-electron chi connectivity index (χ3n) is 4.40. The van der Waals surface area contributed by atoms with Gasteiger partial charge < -0.3 is 25.2 Å². The molecule has 0 saturated carbocycles. The summed E-state index contributed by atoms with van der Waals surface area (Å²) in [7, 11) is 1.62. The van der Waals surface area contributed by atoms with Crippen LogP contribution < -0.4 is 10.1 Å². The Morgan fingerprint density at radius 3 is 2.40 bits per heavy atom. The quantitative estimate of drug-likeness (QED) is 0.579. The highest BCUT2D eigenvalue weighted by atomic mass is 32.1. The van der Waals surface area contributed by atoms with Crippen LogP contribution in [0.5, 0.6) is 5.75 Å². The van der Waals surface area contributed by atoms with Gasteiger partial charge in [-0.1, -0.05) is 36.4 Å². The van der Waals surface area contributed by atoms with Crippen molar-refractivity contribution in [3.8, 4) is 16.9 Å². The third-order valence-corrected chi connectivity index (χ3v) is 4.76. The van der Waals surface area contributed by atoms with Gasteiger partial charge in [0.05, 0.1) is 12.8 Å². The molecule has 1 heterocycles. The number of nitrogens with one attached hydrogen (secondary N) is 1. The fourth-order valence-corrected chi connectivity index (χ4v) is 3.17. The van der Waals surface area contributed by atoms with Gasteiger partial charge in [0.1, 0.15) is 5.75 Å². The number of piperidine rings is 1. The van der Waals surface area contributed by atoms with E-state index in [1.54, 1.807) is 7.11 Å². The lowest BCUT2D eigenvalue weighted by atomic mass is 10.0. The molecule has 1 saturated heterocycles. The maximum Gasteiger partial charge on any atom is 0.173 e. The highest BCUT2D eigenvalue weighted by Gasteiger charge is 2.30. The van der Waals surface area contributed by atoms with E-state index in [0.29, 0.717) is 24.0 Å². The van der Waals surface area contributed by atoms with Crippen LogP contribution in [0.15, 0.2) is 48.5 Å². The van der Waals surface area contributed by atoms with Crippen molar-refractivity contribution in [1.29, 1.82) is 0 Å². The van der Waals surface area contributed by atoms with Crippen LogP contribution in [0.25, 0.3) is 11.1 Å². The number of ether oxygens (including phenoxy) is 1. The average molecular weight is 358 g/mol. The summed E-state index contributed by atoms with van der Waals surface area (Å²) < 4.78 is 5.44. The Morgan fingerprint density at radius 2 is 1.76 bits per heavy atom. The van der Waals surface area contributed by atoms with Crippen molar-refractivity contribution < 1.29 is 14.9 Å². The van der Waals surface area contributed by atoms with Crippen molar-refractivity contribution in [2.75, 3.05) is 25.5 Å². The lowest BCUT2D eigenvalue weighted by Gasteiger charge is -2.36. The first kappa shape index (κ1) is 17.7. The van der Waals surface area contributed by atoms with Crippen LogP contribution >= 0.6 is 12.2 Å². The summed E-state index contributed by atoms with van der Waals surface area (Å²) in [6, 6.07) is 16.0. The molecule has 0 bridgehead atoms. The topological polar surface area (TPSA) is 65.0 Å². The van der Waals surface area contributed by atoms with Crippen LogP contribution in [0.4, 0.5) is 5.69 Å². The molecule has 0 atom stereocenters. The van der Waals surface area contributed by atoms with E-state index in [4.69, 9.17) is 17.0 Å². The zero-order valence-corrected chi connectivity index (χ0v) is 14.9. The summed E-state index contributed by atoms with van der Waals surface area (Å²) in [5.74, 6) is -0.880. The van der Waals surface area contributed by atoms with Crippen LogP contribution in [-0.4, -0.2) is 46.2 Å². The second-order valence-electron chi connectivity index (χ2n) is 6.18. The van der Waals surface area contributed by atoms with Crippen molar-refractivity contribution in [2.45, 2.75) is 18.6 Å². The number of nitrogens with zero attached hydrogens (tertiary/aromatic N) is 1. The molecule has 1 fully saturated rings. The van der Waals surface area contributed by atoms with Gasteiger partial charge in [0.25, 0.3) is 0 Å². The summed E-state index contributed by atoms with van der Waals surface area (Å²) >= 11 is 5.49. The number of hydrogen-bond acceptors (Lipinski definition) is 4. The van der Waals surface area contributed by atoms with Crippen LogP contribution in [0.3, 0.4) is 0 Å². The maximum absolute atomic E-state index is 9.65. The van der Waals surface area contributed by atoms with Gasteiger partial charge in [0.2, 0.25) is 0 Å². The molecule has 3 rings (SSSR count). The number of rotatable bonds is 3. The number of thiocarbonyl (C=S) groups is 1. The SMILES string of the molecule is COc1ccc(-c2ccccc2)cc1NC(=S)N1CCC(O)(O)CC1. The smallest absolute Gasteiger partial charge is 0.173 e. The molecule has 0 amide bonds. The molecule has 0 aromatic heterocycles. The Bertz CT molecular complexity index is 740. The number of aliphatic hydroxyl groups is 2. The van der Waals surface area contributed by atoms with E-state index >= 15 is 0 Å². The highest BCUT2D eigenvalue weighted by Crippen LogP contribution is 2.31. The second-order valence-corrected chi connectivity index (χ2v) is 6.57. The van der Waals surface area contributed by atoms with Crippen LogP contribution in [0, 0.1) is 0 Å². The molecule has 0 radical (unpaired) electrons. The number of benzene rings is 2. The van der Waals surface area contributed by atoms with Crippen LogP contribution in [-0.2, 0) is 0 Å². The Morgan fingerprint density at radius 1 is 1.08 bits per heavy atom. The van der Waals surface area contributed by atoms with Crippen LogP contribution in [0.1, 0.15) is 12.8 Å². The standard InChI is InChI=1S/C19H22N2O3S/c1-24-17-8-7-15(14-5-3-2-4-6-14)13-16(17)20-18(25)21-11-9-19(22,23)10-12-21/h2-8,13,22-23H,9-12H2,1H3,(H,20,25). The van der Waals surface area contributed by atoms with Gasteiger partial charge in [-0.25, -0.2) is 0 Å². The van der Waals surface area contributed by atoms with E-state index in [0.717, 1.165) is 16.8 Å². The molecule has 5 nitrogen and oxygen atoms in total. The third kappa shape index (κ3) is 4.28. The Kier molecular flexibility index (Phi) is 5.22. The van der Waals surface area contributed by atoms with Gasteiger partial charge >= 0.3 is 0 Å². The van der Waals surface area contributed by atoms with Gasteiger partial charge in [-0.15, -0.1) is 0 Å². The summed E-state index contributed by atoms with van der Waals surface area (Å²) in [5, 5.41) is 23.1. The number of likely N-dealkylation sites (tertiary alicyclic amines) is 1. The lowest BCUT2D eigenvalue weighted by molar-refractivity contribution is -0.183. The van der Waals surface area contributed by atoms with Gasteiger partial charge in [-0.2, -0.15) is 0 Å². The fraction of sp³-hybridized carbons (Fsp3) is 0.316. The molecule has 1 aliphatic heterocycles. The molecule has 2 aromatic carbocycles. The number of anilines is 1. The Labute approximate surface area is 152 Å². The summed E-state index contributed by atoms with van der Waals surface area (Å²) in [6.45, 7) is 0.999. The van der Waals surface area contributed by atoms with Crippen molar-refractivity contribution in [1.82, 2.24) is 4.90 Å². The molecular formula is C19H22N2O3S. The van der Waals surface area contributed by atoms with Crippen molar-refractivity contribution in [3.63, 3.8) is 0 Å². The first-order chi connectivity index (χ1) is 12.0. The minimum atomic E-state index is -1.59. The molecule has 6 heteroatoms. The zero-order chi connectivity index (χ0) is 17.9. The predicted octanol–water partition coefficient (Wildman–Crippen LogP) is 2.84. The van der Waals surface area contributed by atoms with E-state index in [9.17, 15) is 10.2 Å². The molecule has 3 N–H and O–H groups in total. The highest BCUT2D eigenvalue weighted by molar-refractivity contribution is 7.80. The molecular weight excluding hydrogens is 336 g/mol. The first-order valence-electron chi connectivity index (χ1n) is 8.23. The number of methoxy groups -OCH3 is 1. The zero-order valence-electron chi connectivity index (χ0n) is 14.1.